The molecule has 1 unspecified atom stereocenters. The molecule has 2 rings (SSSR count). The van der Waals surface area contributed by atoms with Crippen LogP contribution in [-0.4, -0.2) is 22.6 Å². The summed E-state index contributed by atoms with van der Waals surface area (Å²) in [6.45, 7) is 2.34. The van der Waals surface area contributed by atoms with E-state index in [4.69, 9.17) is 10.3 Å². The summed E-state index contributed by atoms with van der Waals surface area (Å²) in [6, 6.07) is 9.62. The maximum Gasteiger partial charge on any atom is 0.231 e. The van der Waals surface area contributed by atoms with Crippen LogP contribution in [0.15, 0.2) is 34.9 Å². The van der Waals surface area contributed by atoms with Crippen molar-refractivity contribution in [2.24, 2.45) is 5.73 Å². The smallest absolute Gasteiger partial charge is 0.231 e. The zero-order valence-corrected chi connectivity index (χ0v) is 13.3. The predicted molar refractivity (Wildman–Crippen MR) is 85.6 cm³/mol. The third-order valence-corrected chi connectivity index (χ3v) is 3.05. The maximum atomic E-state index is 11.6. The lowest BCUT2D eigenvalue weighted by atomic mass is 10.1. The van der Waals surface area contributed by atoms with Gasteiger partial charge in [0.1, 0.15) is 0 Å². The van der Waals surface area contributed by atoms with Crippen molar-refractivity contribution in [3.05, 3.63) is 47.6 Å². The van der Waals surface area contributed by atoms with E-state index in [2.05, 4.69) is 15.5 Å². The van der Waals surface area contributed by atoms with Crippen LogP contribution >= 0.6 is 12.4 Å². The standard InChI is InChI=1S/C15H20N4O2.ClH/c1-11(17-13(20)8-5-9-16)15-18-14(21-19-15)10-12-6-3-2-4-7-12;/h2-4,6-7,11H,5,8-10,16H2,1H3,(H,17,20);1H. The lowest BCUT2D eigenvalue weighted by Gasteiger charge is -2.09. The molecule has 0 fully saturated rings. The molecule has 6 nitrogen and oxygen atoms in total. The first-order valence-corrected chi connectivity index (χ1v) is 7.05. The molecule has 1 amide bonds. The highest BCUT2D eigenvalue weighted by atomic mass is 35.5. The predicted octanol–water partition coefficient (Wildman–Crippen LogP) is 2.00. The van der Waals surface area contributed by atoms with E-state index in [0.29, 0.717) is 37.5 Å². The number of nitrogens with zero attached hydrogens (tertiary/aromatic N) is 2. The molecule has 1 aromatic carbocycles. The number of amides is 1. The number of nitrogens with two attached hydrogens (primary N) is 1. The van der Waals surface area contributed by atoms with Crippen molar-refractivity contribution in [3.8, 4) is 0 Å². The third-order valence-electron chi connectivity index (χ3n) is 3.05. The van der Waals surface area contributed by atoms with Crippen LogP contribution in [-0.2, 0) is 11.2 Å². The fourth-order valence-corrected chi connectivity index (χ4v) is 1.93. The molecule has 1 atom stereocenters. The second kappa shape index (κ2) is 9.17. The van der Waals surface area contributed by atoms with Gasteiger partial charge in [-0.2, -0.15) is 4.98 Å². The summed E-state index contributed by atoms with van der Waals surface area (Å²) in [4.78, 5) is 16.0. The molecule has 0 radical (unpaired) electrons. The largest absolute Gasteiger partial charge is 0.346 e. The normalized spacial score (nSPS) is 11.5. The van der Waals surface area contributed by atoms with Crippen molar-refractivity contribution >= 4 is 18.3 Å². The average molecular weight is 325 g/mol. The van der Waals surface area contributed by atoms with E-state index in [9.17, 15) is 4.79 Å². The summed E-state index contributed by atoms with van der Waals surface area (Å²) >= 11 is 0. The number of aromatic nitrogens is 2. The first kappa shape index (κ1) is 18.1. The molecule has 7 heteroatoms. The topological polar surface area (TPSA) is 94.0 Å². The van der Waals surface area contributed by atoms with E-state index in [0.717, 1.165) is 5.56 Å². The minimum absolute atomic E-state index is 0. The van der Waals surface area contributed by atoms with Crippen molar-refractivity contribution in [1.82, 2.24) is 15.5 Å². The van der Waals surface area contributed by atoms with Gasteiger partial charge in [0.15, 0.2) is 5.82 Å². The van der Waals surface area contributed by atoms with Crippen LogP contribution in [0.2, 0.25) is 0 Å². The second-order valence-corrected chi connectivity index (χ2v) is 4.89. The van der Waals surface area contributed by atoms with Gasteiger partial charge in [0.2, 0.25) is 11.8 Å². The maximum absolute atomic E-state index is 11.6. The van der Waals surface area contributed by atoms with E-state index in [1.54, 1.807) is 0 Å². The summed E-state index contributed by atoms with van der Waals surface area (Å²) in [6.07, 6.45) is 1.67. The van der Waals surface area contributed by atoms with E-state index in [-0.39, 0.29) is 24.4 Å². The second-order valence-electron chi connectivity index (χ2n) is 4.89. The number of carbonyl (C=O) groups excluding carboxylic acids is 1. The fraction of sp³-hybridized carbons (Fsp3) is 0.400. The molecule has 0 aliphatic heterocycles. The third kappa shape index (κ3) is 5.46. The number of hydrogen-bond donors (Lipinski definition) is 2. The van der Waals surface area contributed by atoms with Crippen LogP contribution in [0.25, 0.3) is 0 Å². The molecule has 3 N–H and O–H groups in total. The lowest BCUT2D eigenvalue weighted by Crippen LogP contribution is -2.27. The number of hydrogen-bond acceptors (Lipinski definition) is 5. The summed E-state index contributed by atoms with van der Waals surface area (Å²) in [5.74, 6) is 0.976. The monoisotopic (exact) mass is 324 g/mol. The minimum Gasteiger partial charge on any atom is -0.346 e. The SMILES string of the molecule is CC(NC(=O)CCCN)c1noc(Cc2ccccc2)n1.Cl. The molecule has 1 aromatic heterocycles. The number of carbonyl (C=O) groups is 1. The van der Waals surface area contributed by atoms with Crippen molar-refractivity contribution in [1.29, 1.82) is 0 Å². The van der Waals surface area contributed by atoms with Crippen LogP contribution in [0.1, 0.15) is 43.1 Å². The highest BCUT2D eigenvalue weighted by molar-refractivity contribution is 5.85. The molecule has 0 bridgehead atoms. The van der Waals surface area contributed by atoms with Gasteiger partial charge in [-0.3, -0.25) is 4.79 Å². The molecule has 0 aliphatic rings. The van der Waals surface area contributed by atoms with E-state index in [1.165, 1.54) is 0 Å². The van der Waals surface area contributed by atoms with Gasteiger partial charge < -0.3 is 15.6 Å². The molecule has 0 saturated carbocycles. The first-order valence-electron chi connectivity index (χ1n) is 7.05. The summed E-state index contributed by atoms with van der Waals surface area (Å²) < 4.78 is 5.22. The van der Waals surface area contributed by atoms with Gasteiger partial charge in [-0.1, -0.05) is 35.5 Å². The van der Waals surface area contributed by atoms with Gasteiger partial charge in [0, 0.05) is 6.42 Å². The van der Waals surface area contributed by atoms with Crippen molar-refractivity contribution in [2.45, 2.75) is 32.2 Å². The van der Waals surface area contributed by atoms with Crippen LogP contribution in [0.4, 0.5) is 0 Å². The van der Waals surface area contributed by atoms with Crippen molar-refractivity contribution in [3.63, 3.8) is 0 Å². The molecule has 0 aliphatic carbocycles. The highest BCUT2D eigenvalue weighted by Crippen LogP contribution is 2.12. The van der Waals surface area contributed by atoms with Gasteiger partial charge in [-0.25, -0.2) is 0 Å². The molecular formula is C15H21ClN4O2. The molecule has 1 heterocycles. The quantitative estimate of drug-likeness (QED) is 0.812. The number of nitrogens with one attached hydrogen (secondary N) is 1. The number of benzene rings is 1. The Kier molecular flexibility index (Phi) is 7.56. The Morgan fingerprint density at radius 2 is 2.09 bits per heavy atom. The van der Waals surface area contributed by atoms with Crippen LogP contribution in [0.3, 0.4) is 0 Å². The van der Waals surface area contributed by atoms with Gasteiger partial charge in [0.05, 0.1) is 12.5 Å². The number of halogens is 1. The first-order chi connectivity index (χ1) is 10.2. The zero-order chi connectivity index (χ0) is 15.1. The number of rotatable bonds is 7. The highest BCUT2D eigenvalue weighted by Gasteiger charge is 2.15. The average Bonchev–Trinajstić information content (AvgIpc) is 2.95. The zero-order valence-electron chi connectivity index (χ0n) is 12.5. The lowest BCUT2D eigenvalue weighted by molar-refractivity contribution is -0.121. The van der Waals surface area contributed by atoms with Crippen LogP contribution in [0, 0.1) is 0 Å². The van der Waals surface area contributed by atoms with E-state index >= 15 is 0 Å². The molecule has 2 aromatic rings. The molecular weight excluding hydrogens is 304 g/mol. The Balaban J connectivity index is 0.00000242. The molecule has 0 spiro atoms. The van der Waals surface area contributed by atoms with E-state index in [1.807, 2.05) is 37.3 Å². The van der Waals surface area contributed by atoms with E-state index < -0.39 is 0 Å². The van der Waals surface area contributed by atoms with Gasteiger partial charge >= 0.3 is 0 Å². The Hall–Kier alpha value is -1.92. The van der Waals surface area contributed by atoms with Crippen molar-refractivity contribution in [2.75, 3.05) is 6.54 Å². The Morgan fingerprint density at radius 1 is 1.36 bits per heavy atom. The summed E-state index contributed by atoms with van der Waals surface area (Å²) in [5, 5.41) is 6.75. The van der Waals surface area contributed by atoms with Crippen LogP contribution < -0.4 is 11.1 Å². The minimum atomic E-state index is -0.274. The fourth-order valence-electron chi connectivity index (χ4n) is 1.93. The Morgan fingerprint density at radius 3 is 2.77 bits per heavy atom. The molecule has 22 heavy (non-hydrogen) atoms. The van der Waals surface area contributed by atoms with Crippen LogP contribution in [0.5, 0.6) is 0 Å². The Labute approximate surface area is 135 Å². The summed E-state index contributed by atoms with van der Waals surface area (Å²) in [7, 11) is 0. The summed E-state index contributed by atoms with van der Waals surface area (Å²) in [5.41, 5.74) is 6.48. The molecule has 0 saturated heterocycles. The van der Waals surface area contributed by atoms with Crippen molar-refractivity contribution < 1.29 is 9.32 Å². The van der Waals surface area contributed by atoms with Gasteiger partial charge in [-0.15, -0.1) is 12.4 Å². The Bertz CT molecular complexity index is 574. The van der Waals surface area contributed by atoms with Gasteiger partial charge in [-0.05, 0) is 25.5 Å². The van der Waals surface area contributed by atoms with Gasteiger partial charge in [0.25, 0.3) is 0 Å². The molecule has 120 valence electrons.